The molecule has 0 unspecified atom stereocenters. The number of aliphatic hydroxyl groups is 3. The van der Waals surface area contributed by atoms with E-state index in [9.17, 15) is 0 Å². The Balaban J connectivity index is 0. The second kappa shape index (κ2) is 5.54. The van der Waals surface area contributed by atoms with E-state index < -0.39 is 25.4 Å². The van der Waals surface area contributed by atoms with Crippen LogP contribution in [0.3, 0.4) is 0 Å². The third kappa shape index (κ3) is 4.20. The number of aliphatic hydroxyl groups excluding tert-OH is 3. The summed E-state index contributed by atoms with van der Waals surface area (Å²) >= 11 is 0. The summed E-state index contributed by atoms with van der Waals surface area (Å²) in [4.78, 5) is 0. The minimum Gasteiger partial charge on any atom is -0.394 e. The van der Waals surface area contributed by atoms with Gasteiger partial charge in [0.15, 0.2) is 0 Å². The van der Waals surface area contributed by atoms with E-state index in [0.717, 1.165) is 0 Å². The van der Waals surface area contributed by atoms with E-state index in [2.05, 4.69) is 0 Å². The van der Waals surface area contributed by atoms with Crippen molar-refractivity contribution in [2.45, 2.75) is 5.54 Å². The van der Waals surface area contributed by atoms with Gasteiger partial charge in [-0.15, -0.1) is 0 Å². The molecule has 0 aliphatic rings. The first-order valence-corrected chi connectivity index (χ1v) is 2.30. The Hall–Kier alpha value is 0.762. The molecular weight excluding hydrogens is 314 g/mol. The maximum Gasteiger partial charge on any atom is 0.0856 e. The molecule has 0 aliphatic heterocycles. The molecule has 0 bridgehead atoms. The van der Waals surface area contributed by atoms with Crippen LogP contribution in [0.4, 0.5) is 0 Å². The summed E-state index contributed by atoms with van der Waals surface area (Å²) in [6, 6.07) is 0. The first-order chi connectivity index (χ1) is 3.68. The molecule has 0 spiro atoms. The van der Waals surface area contributed by atoms with Crippen molar-refractivity contribution in [2.75, 3.05) is 19.8 Å². The second-order valence-corrected chi connectivity index (χ2v) is 1.84. The van der Waals surface area contributed by atoms with E-state index in [1.165, 1.54) is 0 Å². The van der Waals surface area contributed by atoms with Gasteiger partial charge in [-0.2, -0.15) is 0 Å². The van der Waals surface area contributed by atoms with Gasteiger partial charge >= 0.3 is 0 Å². The second-order valence-electron chi connectivity index (χ2n) is 1.84. The van der Waals surface area contributed by atoms with Crippen LogP contribution in [0.15, 0.2) is 0 Å². The van der Waals surface area contributed by atoms with Crippen molar-refractivity contribution < 1.29 is 15.3 Å². The maximum atomic E-state index is 8.34. The van der Waals surface area contributed by atoms with Gasteiger partial charge in [-0.25, -0.2) is 0 Å². The summed E-state index contributed by atoms with van der Waals surface area (Å²) in [5.74, 6) is 0. The summed E-state index contributed by atoms with van der Waals surface area (Å²) < 4.78 is 0. The number of hydrogen-bond acceptors (Lipinski definition) is 4. The fraction of sp³-hybridized carbons (Fsp3) is 1.00. The molecule has 53 valence electrons. The Morgan fingerprint density at radius 3 is 1.22 bits per heavy atom. The van der Waals surface area contributed by atoms with Crippen molar-refractivity contribution in [3.05, 3.63) is 0 Å². The molecule has 0 atom stereocenters. The standard InChI is InChI=1S/C4H11NO3.Tl/c5-4(1-6,2-7)3-8;/h6-8H,1-3,5H2;. The molecule has 0 rings (SSSR count). The first-order valence-electron chi connectivity index (χ1n) is 2.30. The molecule has 0 fully saturated rings. The van der Waals surface area contributed by atoms with Crippen LogP contribution in [0.2, 0.25) is 0 Å². The summed E-state index contributed by atoms with van der Waals surface area (Å²) in [7, 11) is 0. The van der Waals surface area contributed by atoms with Crippen LogP contribution in [0, 0.1) is 0 Å². The van der Waals surface area contributed by atoms with Crippen molar-refractivity contribution in [1.82, 2.24) is 0 Å². The van der Waals surface area contributed by atoms with Crippen molar-refractivity contribution in [3.8, 4) is 0 Å². The average molecular weight is 326 g/mol. The quantitative estimate of drug-likeness (QED) is 0.425. The monoisotopic (exact) mass is 326 g/mol. The van der Waals surface area contributed by atoms with Crippen molar-refractivity contribution in [1.29, 1.82) is 0 Å². The van der Waals surface area contributed by atoms with E-state index in [-0.39, 0.29) is 27.3 Å². The summed E-state index contributed by atoms with van der Waals surface area (Å²) in [6.07, 6.45) is 0. The number of hydrogen-bond donors (Lipinski definition) is 4. The minimum atomic E-state index is -1.21. The molecule has 0 amide bonds. The topological polar surface area (TPSA) is 86.7 Å². The van der Waals surface area contributed by atoms with Gasteiger partial charge in [-0.05, 0) is 0 Å². The summed E-state index contributed by atoms with van der Waals surface area (Å²) in [5.41, 5.74) is 3.94. The zero-order valence-electron chi connectivity index (χ0n) is 5.12. The van der Waals surface area contributed by atoms with Gasteiger partial charge in [0, 0.05) is 27.3 Å². The Morgan fingerprint density at radius 2 is 1.22 bits per heavy atom. The molecule has 5 heteroatoms. The van der Waals surface area contributed by atoms with Crippen LogP contribution in [-0.2, 0) is 0 Å². The van der Waals surface area contributed by atoms with Crippen molar-refractivity contribution in [3.63, 3.8) is 0 Å². The zero-order valence-corrected chi connectivity index (χ0v) is 9.61. The van der Waals surface area contributed by atoms with Gasteiger partial charge in [-0.3, -0.25) is 0 Å². The molecule has 0 aromatic heterocycles. The Kier molecular flexibility index (Phi) is 7.66. The molecule has 0 aliphatic carbocycles. The van der Waals surface area contributed by atoms with E-state index in [0.29, 0.717) is 0 Å². The normalized spacial score (nSPS) is 10.7. The average Bonchev–Trinajstić information content (AvgIpc) is 1.87. The number of rotatable bonds is 3. The van der Waals surface area contributed by atoms with Gasteiger partial charge in [0.05, 0.1) is 25.4 Å². The molecule has 0 aromatic carbocycles. The fourth-order valence-electron chi connectivity index (χ4n) is 0.150. The van der Waals surface area contributed by atoms with Gasteiger partial charge in [-0.1, -0.05) is 0 Å². The number of nitrogens with two attached hydrogens (primary N) is 1. The van der Waals surface area contributed by atoms with E-state index in [4.69, 9.17) is 21.1 Å². The first kappa shape index (κ1) is 12.4. The molecule has 0 saturated heterocycles. The zero-order chi connectivity index (χ0) is 6.62. The summed E-state index contributed by atoms with van der Waals surface area (Å²) in [5, 5.41) is 25.0. The van der Waals surface area contributed by atoms with Crippen LogP contribution in [0.5, 0.6) is 0 Å². The molecule has 9 heavy (non-hydrogen) atoms. The largest absolute Gasteiger partial charge is 0.394 e. The van der Waals surface area contributed by atoms with Gasteiger partial charge in [0.25, 0.3) is 0 Å². The van der Waals surface area contributed by atoms with Crippen LogP contribution < -0.4 is 5.73 Å². The van der Waals surface area contributed by atoms with E-state index in [1.54, 1.807) is 0 Å². The van der Waals surface area contributed by atoms with Gasteiger partial charge in [0.1, 0.15) is 0 Å². The van der Waals surface area contributed by atoms with Crippen LogP contribution >= 0.6 is 0 Å². The Labute approximate surface area is 73.8 Å². The predicted octanol–water partition coefficient (Wildman–Crippen LogP) is -2.72. The van der Waals surface area contributed by atoms with Crippen molar-refractivity contribution in [2.24, 2.45) is 5.73 Å². The minimum absolute atomic E-state index is 0. The van der Waals surface area contributed by atoms with E-state index in [1.807, 2.05) is 0 Å². The molecule has 0 aromatic rings. The van der Waals surface area contributed by atoms with Crippen LogP contribution in [0.1, 0.15) is 0 Å². The van der Waals surface area contributed by atoms with Crippen LogP contribution in [-0.4, -0.2) is 68.0 Å². The third-order valence-corrected chi connectivity index (χ3v) is 0.945. The van der Waals surface area contributed by atoms with Gasteiger partial charge in [0.2, 0.25) is 0 Å². The Morgan fingerprint density at radius 1 is 1.00 bits per heavy atom. The third-order valence-electron chi connectivity index (χ3n) is 0.945. The maximum absolute atomic E-state index is 8.34. The Bertz CT molecular complexity index is 58.6. The smallest absolute Gasteiger partial charge is 0.0856 e. The SMILES string of the molecule is NC(CO)(CO)CO.[Tl]. The molecule has 4 nitrogen and oxygen atoms in total. The molecule has 5 N–H and O–H groups in total. The molecule has 1 radical (unpaired) electrons. The van der Waals surface area contributed by atoms with Crippen LogP contribution in [0.25, 0.3) is 0 Å². The predicted molar refractivity (Wildman–Crippen MR) is 33.9 cm³/mol. The molecule has 0 saturated carbocycles. The molecular formula is C4H11NO3Tl. The van der Waals surface area contributed by atoms with Gasteiger partial charge < -0.3 is 21.1 Å². The van der Waals surface area contributed by atoms with E-state index >= 15 is 0 Å². The van der Waals surface area contributed by atoms with Crippen molar-refractivity contribution >= 4 is 27.3 Å². The molecule has 0 heterocycles. The summed E-state index contributed by atoms with van der Waals surface area (Å²) in [6.45, 7) is -1.21. The fourth-order valence-corrected chi connectivity index (χ4v) is 0.150.